The van der Waals surface area contributed by atoms with Crippen LogP contribution in [0, 0.1) is 0 Å². The molecular weight excluding hydrogens is 309 g/mol. The third-order valence-corrected chi connectivity index (χ3v) is 3.38. The van der Waals surface area contributed by atoms with Crippen molar-refractivity contribution in [2.75, 3.05) is 7.11 Å². The number of hydrogen-bond donors (Lipinski definition) is 0. The van der Waals surface area contributed by atoms with Gasteiger partial charge >= 0.3 is 12.1 Å². The summed E-state index contributed by atoms with van der Waals surface area (Å²) in [6.45, 7) is 0. The number of rotatable bonds is 2. The van der Waals surface area contributed by atoms with Crippen LogP contribution in [0.2, 0.25) is 0 Å². The van der Waals surface area contributed by atoms with Gasteiger partial charge in [0.15, 0.2) is 5.69 Å². The number of alkyl halides is 3. The van der Waals surface area contributed by atoms with Crippen LogP contribution in [-0.4, -0.2) is 22.7 Å². The SMILES string of the molecule is COC(=O)c1ccc2ccc(-c3cccc(C(F)(F)F)c3)nn12. The molecule has 0 aliphatic carbocycles. The average Bonchev–Trinajstić information content (AvgIpc) is 2.96. The minimum atomic E-state index is -4.43. The van der Waals surface area contributed by atoms with Crippen molar-refractivity contribution >= 4 is 11.5 Å². The van der Waals surface area contributed by atoms with Crippen LogP contribution < -0.4 is 0 Å². The molecule has 0 N–H and O–H groups in total. The van der Waals surface area contributed by atoms with Gasteiger partial charge in [0.2, 0.25) is 0 Å². The second-order valence-corrected chi connectivity index (χ2v) is 4.84. The standard InChI is InChI=1S/C16H11F3N2O2/c1-23-15(22)14-8-6-12-5-7-13(20-21(12)14)10-3-2-4-11(9-10)16(17,18)19/h2-9H,1H3. The van der Waals surface area contributed by atoms with Crippen molar-refractivity contribution in [3.05, 3.63) is 59.8 Å². The molecule has 0 unspecified atom stereocenters. The number of esters is 1. The Balaban J connectivity index is 2.12. The molecule has 0 saturated heterocycles. The van der Waals surface area contributed by atoms with Gasteiger partial charge in [0.25, 0.3) is 0 Å². The number of halogens is 3. The van der Waals surface area contributed by atoms with Crippen LogP contribution in [0.3, 0.4) is 0 Å². The normalized spacial score (nSPS) is 11.7. The second kappa shape index (κ2) is 5.42. The average molecular weight is 320 g/mol. The monoisotopic (exact) mass is 320 g/mol. The Kier molecular flexibility index (Phi) is 3.55. The molecule has 2 heterocycles. The van der Waals surface area contributed by atoms with E-state index in [1.807, 2.05) is 0 Å². The van der Waals surface area contributed by atoms with E-state index in [4.69, 9.17) is 0 Å². The molecular formula is C16H11F3N2O2. The first kappa shape index (κ1) is 15.1. The zero-order valence-corrected chi connectivity index (χ0v) is 12.0. The molecule has 3 aromatic rings. The molecule has 3 rings (SSSR count). The van der Waals surface area contributed by atoms with Crippen molar-refractivity contribution in [2.45, 2.75) is 6.18 Å². The predicted molar refractivity (Wildman–Crippen MR) is 77.0 cm³/mol. The molecule has 0 fully saturated rings. The van der Waals surface area contributed by atoms with Gasteiger partial charge in [-0.1, -0.05) is 12.1 Å². The highest BCUT2D eigenvalue weighted by atomic mass is 19.4. The molecule has 118 valence electrons. The van der Waals surface area contributed by atoms with Crippen LogP contribution in [0.4, 0.5) is 13.2 Å². The van der Waals surface area contributed by atoms with Crippen molar-refractivity contribution in [3.63, 3.8) is 0 Å². The maximum atomic E-state index is 12.8. The van der Waals surface area contributed by atoms with Crippen molar-refractivity contribution in [1.82, 2.24) is 9.61 Å². The molecule has 0 radical (unpaired) electrons. The van der Waals surface area contributed by atoms with E-state index in [-0.39, 0.29) is 5.69 Å². The Hall–Kier alpha value is -2.83. The first-order chi connectivity index (χ1) is 10.9. The topological polar surface area (TPSA) is 43.6 Å². The van der Waals surface area contributed by atoms with Crippen LogP contribution in [0.25, 0.3) is 16.8 Å². The first-order valence-corrected chi connectivity index (χ1v) is 6.65. The van der Waals surface area contributed by atoms with Crippen LogP contribution in [0.5, 0.6) is 0 Å². The Bertz CT molecular complexity index is 884. The zero-order valence-electron chi connectivity index (χ0n) is 12.0. The highest BCUT2D eigenvalue weighted by Gasteiger charge is 2.30. The molecule has 0 bridgehead atoms. The molecule has 0 spiro atoms. The van der Waals surface area contributed by atoms with Gasteiger partial charge < -0.3 is 4.74 Å². The number of benzene rings is 1. The number of aromatic nitrogens is 2. The van der Waals surface area contributed by atoms with E-state index < -0.39 is 17.7 Å². The van der Waals surface area contributed by atoms with E-state index in [0.29, 0.717) is 16.8 Å². The molecule has 0 aliphatic heterocycles. The first-order valence-electron chi connectivity index (χ1n) is 6.65. The molecule has 0 amide bonds. The zero-order chi connectivity index (χ0) is 16.6. The minimum absolute atomic E-state index is 0.205. The number of hydrogen-bond acceptors (Lipinski definition) is 3. The maximum absolute atomic E-state index is 12.8. The number of carbonyl (C=O) groups is 1. The lowest BCUT2D eigenvalue weighted by Gasteiger charge is -2.09. The Morgan fingerprint density at radius 2 is 1.87 bits per heavy atom. The summed E-state index contributed by atoms with van der Waals surface area (Å²) in [6.07, 6.45) is -4.43. The van der Waals surface area contributed by atoms with Crippen LogP contribution in [0.15, 0.2) is 48.5 Å². The van der Waals surface area contributed by atoms with E-state index in [2.05, 4.69) is 9.84 Å². The Morgan fingerprint density at radius 1 is 1.13 bits per heavy atom. The smallest absolute Gasteiger partial charge is 0.416 e. The van der Waals surface area contributed by atoms with E-state index in [0.717, 1.165) is 12.1 Å². The highest BCUT2D eigenvalue weighted by molar-refractivity contribution is 5.89. The van der Waals surface area contributed by atoms with Gasteiger partial charge in [-0.2, -0.15) is 18.3 Å². The summed E-state index contributed by atoms with van der Waals surface area (Å²) in [6, 6.07) is 11.4. The van der Waals surface area contributed by atoms with Crippen LogP contribution in [-0.2, 0) is 10.9 Å². The van der Waals surface area contributed by atoms with Crippen molar-refractivity contribution < 1.29 is 22.7 Å². The number of carbonyl (C=O) groups excluding carboxylic acids is 1. The van der Waals surface area contributed by atoms with Crippen molar-refractivity contribution in [2.24, 2.45) is 0 Å². The highest BCUT2D eigenvalue weighted by Crippen LogP contribution is 2.31. The third-order valence-electron chi connectivity index (χ3n) is 3.38. The summed E-state index contributed by atoms with van der Waals surface area (Å²) in [5.41, 5.74) is 0.728. The van der Waals surface area contributed by atoms with E-state index >= 15 is 0 Å². The summed E-state index contributed by atoms with van der Waals surface area (Å²) in [5, 5.41) is 4.25. The van der Waals surface area contributed by atoms with Crippen LogP contribution >= 0.6 is 0 Å². The molecule has 0 aliphatic rings. The minimum Gasteiger partial charge on any atom is -0.464 e. The van der Waals surface area contributed by atoms with E-state index in [1.165, 1.54) is 23.8 Å². The fraction of sp³-hybridized carbons (Fsp3) is 0.125. The van der Waals surface area contributed by atoms with E-state index in [1.54, 1.807) is 24.3 Å². The quantitative estimate of drug-likeness (QED) is 0.675. The number of ether oxygens (including phenoxy) is 1. The van der Waals surface area contributed by atoms with Gasteiger partial charge in [-0.3, -0.25) is 0 Å². The molecule has 2 aromatic heterocycles. The lowest BCUT2D eigenvalue weighted by molar-refractivity contribution is -0.137. The number of methoxy groups -OCH3 is 1. The summed E-state index contributed by atoms with van der Waals surface area (Å²) in [5.74, 6) is -0.571. The second-order valence-electron chi connectivity index (χ2n) is 4.84. The molecule has 1 aromatic carbocycles. The number of nitrogens with zero attached hydrogens (tertiary/aromatic N) is 2. The van der Waals surface area contributed by atoms with Gasteiger partial charge in [-0.15, -0.1) is 0 Å². The van der Waals surface area contributed by atoms with Gasteiger partial charge in [0, 0.05) is 5.56 Å². The summed E-state index contributed by atoms with van der Waals surface area (Å²) in [4.78, 5) is 11.7. The van der Waals surface area contributed by atoms with Crippen LogP contribution in [0.1, 0.15) is 16.1 Å². The summed E-state index contributed by atoms with van der Waals surface area (Å²) >= 11 is 0. The van der Waals surface area contributed by atoms with Gasteiger partial charge in [-0.05, 0) is 36.4 Å². The summed E-state index contributed by atoms with van der Waals surface area (Å²) < 4.78 is 44.5. The lowest BCUT2D eigenvalue weighted by atomic mass is 10.1. The molecule has 7 heteroatoms. The molecule has 0 saturated carbocycles. The fourth-order valence-electron chi connectivity index (χ4n) is 2.26. The summed E-state index contributed by atoms with van der Waals surface area (Å²) in [7, 11) is 1.25. The maximum Gasteiger partial charge on any atom is 0.416 e. The molecule has 0 atom stereocenters. The largest absolute Gasteiger partial charge is 0.464 e. The van der Waals surface area contributed by atoms with Gasteiger partial charge in [0.05, 0.1) is 23.9 Å². The third kappa shape index (κ3) is 2.77. The van der Waals surface area contributed by atoms with E-state index in [9.17, 15) is 18.0 Å². The lowest BCUT2D eigenvalue weighted by Crippen LogP contribution is -2.08. The van der Waals surface area contributed by atoms with Gasteiger partial charge in [0.1, 0.15) is 0 Å². The fourth-order valence-corrected chi connectivity index (χ4v) is 2.26. The number of fused-ring (bicyclic) bond motifs is 1. The molecule has 23 heavy (non-hydrogen) atoms. The van der Waals surface area contributed by atoms with Crippen molar-refractivity contribution in [3.8, 4) is 11.3 Å². The van der Waals surface area contributed by atoms with Gasteiger partial charge in [-0.25, -0.2) is 9.31 Å². The predicted octanol–water partition coefficient (Wildman–Crippen LogP) is 3.81. The molecule has 4 nitrogen and oxygen atoms in total. The Labute approximate surface area is 129 Å². The van der Waals surface area contributed by atoms with Crippen molar-refractivity contribution in [1.29, 1.82) is 0 Å². The Morgan fingerprint density at radius 3 is 2.57 bits per heavy atom.